The molecule has 1 aliphatic rings. The molecule has 1 aliphatic heterocycles. The van der Waals surface area contributed by atoms with Crippen molar-refractivity contribution in [1.82, 2.24) is 9.21 Å². The molecule has 0 aliphatic carbocycles. The lowest BCUT2D eigenvalue weighted by molar-refractivity contribution is -0.130. The molecule has 2 aromatic carbocycles. The Morgan fingerprint density at radius 2 is 1.57 bits per heavy atom. The zero-order chi connectivity index (χ0) is 20.1. The monoisotopic (exact) mass is 404 g/mol. The van der Waals surface area contributed by atoms with E-state index in [9.17, 15) is 17.6 Å². The van der Waals surface area contributed by atoms with Crippen LogP contribution in [0.2, 0.25) is 0 Å². The van der Waals surface area contributed by atoms with Crippen LogP contribution >= 0.6 is 0 Å². The van der Waals surface area contributed by atoms with Crippen molar-refractivity contribution in [1.29, 1.82) is 0 Å². The molecule has 7 heteroatoms. The van der Waals surface area contributed by atoms with E-state index in [-0.39, 0.29) is 11.7 Å². The zero-order valence-electron chi connectivity index (χ0n) is 16.0. The molecule has 0 radical (unpaired) electrons. The Morgan fingerprint density at radius 3 is 2.18 bits per heavy atom. The summed E-state index contributed by atoms with van der Waals surface area (Å²) >= 11 is 0. The minimum Gasteiger partial charge on any atom is -0.341 e. The summed E-state index contributed by atoms with van der Waals surface area (Å²) in [6.45, 7) is 1.59. The molecule has 150 valence electrons. The van der Waals surface area contributed by atoms with E-state index >= 15 is 0 Å². The lowest BCUT2D eigenvalue weighted by atomic mass is 10.1. The van der Waals surface area contributed by atoms with Gasteiger partial charge in [0.05, 0.1) is 4.90 Å². The van der Waals surface area contributed by atoms with Gasteiger partial charge in [-0.3, -0.25) is 4.79 Å². The highest BCUT2D eigenvalue weighted by Crippen LogP contribution is 2.21. The number of sulfonamides is 1. The molecule has 1 fully saturated rings. The van der Waals surface area contributed by atoms with E-state index in [1.54, 1.807) is 48.3 Å². The van der Waals surface area contributed by atoms with Crippen LogP contribution in [-0.2, 0) is 27.8 Å². The fraction of sp³-hybridized carbons (Fsp3) is 0.381. The van der Waals surface area contributed by atoms with Crippen LogP contribution in [-0.4, -0.2) is 43.7 Å². The van der Waals surface area contributed by atoms with Crippen molar-refractivity contribution in [3.05, 3.63) is 65.5 Å². The van der Waals surface area contributed by atoms with Gasteiger partial charge in [-0.25, -0.2) is 12.8 Å². The molecular weight excluding hydrogens is 379 g/mol. The Morgan fingerprint density at radius 1 is 1.00 bits per heavy atom. The van der Waals surface area contributed by atoms with Crippen molar-refractivity contribution in [2.45, 2.75) is 37.1 Å². The first kappa shape index (κ1) is 20.5. The van der Waals surface area contributed by atoms with E-state index in [2.05, 4.69) is 0 Å². The van der Waals surface area contributed by atoms with E-state index in [1.165, 1.54) is 16.4 Å². The van der Waals surface area contributed by atoms with E-state index in [4.69, 9.17) is 0 Å². The normalized spacial score (nSPS) is 14.9. The van der Waals surface area contributed by atoms with Crippen LogP contribution in [0.4, 0.5) is 4.39 Å². The Kier molecular flexibility index (Phi) is 6.46. The third-order valence-electron chi connectivity index (χ3n) is 5.01. The lowest BCUT2D eigenvalue weighted by Crippen LogP contribution is -2.27. The molecule has 1 amide bonds. The Labute approximate surface area is 165 Å². The Bertz CT molecular complexity index is 906. The fourth-order valence-electron chi connectivity index (χ4n) is 3.30. The Balaban J connectivity index is 1.54. The summed E-state index contributed by atoms with van der Waals surface area (Å²) in [7, 11) is -1.69. The smallest absolute Gasteiger partial charge is 0.243 e. The summed E-state index contributed by atoms with van der Waals surface area (Å²) in [5.41, 5.74) is 1.79. The standard InChI is InChI=1S/C21H25FN2O3S/c1-23(16-18-4-9-19(22)10-5-18)21(25)13-8-17-6-11-20(12-7-17)28(26,27)24-14-2-3-15-24/h4-7,9-12H,2-3,8,13-16H2,1H3. The molecule has 1 heterocycles. The third-order valence-corrected chi connectivity index (χ3v) is 6.93. The van der Waals surface area contributed by atoms with Crippen molar-refractivity contribution in [3.8, 4) is 0 Å². The van der Waals surface area contributed by atoms with Gasteiger partial charge < -0.3 is 4.90 Å². The molecule has 28 heavy (non-hydrogen) atoms. The maximum absolute atomic E-state index is 13.0. The zero-order valence-corrected chi connectivity index (χ0v) is 16.8. The molecule has 0 N–H and O–H groups in total. The Hall–Kier alpha value is -2.25. The van der Waals surface area contributed by atoms with Crippen LogP contribution in [0.3, 0.4) is 0 Å². The van der Waals surface area contributed by atoms with Gasteiger partial charge in [0.2, 0.25) is 15.9 Å². The molecule has 0 unspecified atom stereocenters. The van der Waals surface area contributed by atoms with Gasteiger partial charge in [0.1, 0.15) is 5.82 Å². The van der Waals surface area contributed by atoms with Crippen LogP contribution in [0.25, 0.3) is 0 Å². The maximum Gasteiger partial charge on any atom is 0.243 e. The first-order valence-electron chi connectivity index (χ1n) is 9.44. The average molecular weight is 405 g/mol. The van der Waals surface area contributed by atoms with Gasteiger partial charge in [-0.15, -0.1) is 0 Å². The van der Waals surface area contributed by atoms with Gasteiger partial charge in [0, 0.05) is 33.1 Å². The molecule has 3 rings (SSSR count). The van der Waals surface area contributed by atoms with Crippen LogP contribution in [0.5, 0.6) is 0 Å². The molecule has 2 aromatic rings. The van der Waals surface area contributed by atoms with Crippen LogP contribution in [0, 0.1) is 5.82 Å². The number of hydrogen-bond donors (Lipinski definition) is 0. The highest BCUT2D eigenvalue weighted by atomic mass is 32.2. The van der Waals surface area contributed by atoms with Crippen LogP contribution in [0.1, 0.15) is 30.4 Å². The number of hydrogen-bond acceptors (Lipinski definition) is 3. The summed E-state index contributed by atoms with van der Waals surface area (Å²) in [6, 6.07) is 12.9. The summed E-state index contributed by atoms with van der Waals surface area (Å²) < 4.78 is 39.6. The molecule has 0 saturated carbocycles. The number of rotatable bonds is 7. The van der Waals surface area contributed by atoms with Crippen molar-refractivity contribution in [2.24, 2.45) is 0 Å². The fourth-order valence-corrected chi connectivity index (χ4v) is 4.82. The molecule has 0 aromatic heterocycles. The van der Waals surface area contributed by atoms with E-state index in [1.807, 2.05) is 0 Å². The van der Waals surface area contributed by atoms with Crippen molar-refractivity contribution in [3.63, 3.8) is 0 Å². The summed E-state index contributed by atoms with van der Waals surface area (Å²) in [5.74, 6) is -0.314. The van der Waals surface area contributed by atoms with Gasteiger partial charge in [-0.1, -0.05) is 24.3 Å². The molecule has 0 spiro atoms. The minimum atomic E-state index is -3.41. The average Bonchev–Trinajstić information content (AvgIpc) is 3.24. The highest BCUT2D eigenvalue weighted by Gasteiger charge is 2.26. The molecule has 1 saturated heterocycles. The predicted molar refractivity (Wildman–Crippen MR) is 106 cm³/mol. The van der Waals surface area contributed by atoms with E-state index in [0.717, 1.165) is 24.0 Å². The van der Waals surface area contributed by atoms with Crippen LogP contribution in [0.15, 0.2) is 53.4 Å². The van der Waals surface area contributed by atoms with Crippen molar-refractivity contribution in [2.75, 3.05) is 20.1 Å². The topological polar surface area (TPSA) is 57.7 Å². The van der Waals surface area contributed by atoms with Gasteiger partial charge >= 0.3 is 0 Å². The highest BCUT2D eigenvalue weighted by molar-refractivity contribution is 7.89. The number of aryl methyl sites for hydroxylation is 1. The summed E-state index contributed by atoms with van der Waals surface area (Å²) in [5, 5.41) is 0. The summed E-state index contributed by atoms with van der Waals surface area (Å²) in [6.07, 6.45) is 2.68. The number of nitrogens with zero attached hydrogens (tertiary/aromatic N) is 2. The number of carbonyl (C=O) groups is 1. The molecular formula is C21H25FN2O3S. The van der Waals surface area contributed by atoms with Crippen molar-refractivity contribution < 1.29 is 17.6 Å². The first-order chi connectivity index (χ1) is 13.4. The number of carbonyl (C=O) groups excluding carboxylic acids is 1. The second-order valence-electron chi connectivity index (χ2n) is 7.13. The summed E-state index contributed by atoms with van der Waals surface area (Å²) in [4.78, 5) is 14.3. The van der Waals surface area contributed by atoms with E-state index < -0.39 is 10.0 Å². The number of halogens is 1. The molecule has 5 nitrogen and oxygen atoms in total. The number of amides is 1. The SMILES string of the molecule is CN(Cc1ccc(F)cc1)C(=O)CCc1ccc(S(=O)(=O)N2CCCC2)cc1. The lowest BCUT2D eigenvalue weighted by Gasteiger charge is -2.18. The predicted octanol–water partition coefficient (Wildman–Crippen LogP) is 3.20. The van der Waals surface area contributed by atoms with Gasteiger partial charge in [-0.2, -0.15) is 4.31 Å². The van der Waals surface area contributed by atoms with E-state index in [0.29, 0.717) is 37.4 Å². The first-order valence-corrected chi connectivity index (χ1v) is 10.9. The maximum atomic E-state index is 13.0. The largest absolute Gasteiger partial charge is 0.341 e. The van der Waals surface area contributed by atoms with Gasteiger partial charge in [0.15, 0.2) is 0 Å². The van der Waals surface area contributed by atoms with Crippen LogP contribution < -0.4 is 0 Å². The van der Waals surface area contributed by atoms with Gasteiger partial charge in [0.25, 0.3) is 0 Å². The second-order valence-corrected chi connectivity index (χ2v) is 9.07. The minimum absolute atomic E-state index is 0.0157. The quantitative estimate of drug-likeness (QED) is 0.712. The number of benzene rings is 2. The molecule has 0 bridgehead atoms. The molecule has 0 atom stereocenters. The second kappa shape index (κ2) is 8.84. The van der Waals surface area contributed by atoms with Gasteiger partial charge in [-0.05, 0) is 54.7 Å². The third kappa shape index (κ3) is 4.97. The van der Waals surface area contributed by atoms with Crippen molar-refractivity contribution >= 4 is 15.9 Å².